The van der Waals surface area contributed by atoms with Gasteiger partial charge in [0.05, 0.1) is 6.04 Å². The minimum atomic E-state index is 0.00274. The van der Waals surface area contributed by atoms with E-state index in [1.807, 2.05) is 12.1 Å². The molecule has 1 rings (SSSR count). The molecule has 84 valence electrons. The van der Waals surface area contributed by atoms with Gasteiger partial charge in [0.25, 0.3) is 0 Å². The van der Waals surface area contributed by atoms with Crippen molar-refractivity contribution in [1.82, 2.24) is 5.43 Å². The first-order valence-electron chi connectivity index (χ1n) is 4.76. The van der Waals surface area contributed by atoms with Crippen molar-refractivity contribution in [3.05, 3.63) is 33.8 Å². The zero-order valence-electron chi connectivity index (χ0n) is 9.14. The van der Waals surface area contributed by atoms with Crippen molar-refractivity contribution < 1.29 is 0 Å². The van der Waals surface area contributed by atoms with Gasteiger partial charge in [-0.3, -0.25) is 11.3 Å². The Morgan fingerprint density at radius 1 is 1.13 bits per heavy atom. The summed E-state index contributed by atoms with van der Waals surface area (Å²) in [6.45, 7) is 6.31. The second-order valence-corrected chi connectivity index (χ2v) is 5.54. The molecule has 3 N–H and O–H groups in total. The van der Waals surface area contributed by atoms with Gasteiger partial charge in [0.15, 0.2) is 0 Å². The SMILES string of the molecule is CC(C)(C)C(NN)c1cc(Cl)cc(Cl)c1. The molecule has 15 heavy (non-hydrogen) atoms. The molecular weight excluding hydrogens is 231 g/mol. The average Bonchev–Trinajstić information content (AvgIpc) is 1.99. The maximum absolute atomic E-state index is 5.95. The highest BCUT2D eigenvalue weighted by molar-refractivity contribution is 6.34. The zero-order chi connectivity index (χ0) is 11.6. The lowest BCUT2D eigenvalue weighted by molar-refractivity contribution is 0.275. The molecule has 0 aromatic heterocycles. The van der Waals surface area contributed by atoms with Gasteiger partial charge in [-0.05, 0) is 29.2 Å². The predicted octanol–water partition coefficient (Wildman–Crippen LogP) is 3.54. The summed E-state index contributed by atoms with van der Waals surface area (Å²) in [5, 5.41) is 1.25. The normalized spacial score (nSPS) is 14.0. The Morgan fingerprint density at radius 2 is 1.60 bits per heavy atom. The fraction of sp³-hybridized carbons (Fsp3) is 0.455. The van der Waals surface area contributed by atoms with Crippen LogP contribution >= 0.6 is 23.2 Å². The second-order valence-electron chi connectivity index (χ2n) is 4.67. The first-order chi connectivity index (χ1) is 6.84. The van der Waals surface area contributed by atoms with Crippen LogP contribution in [0.1, 0.15) is 32.4 Å². The summed E-state index contributed by atoms with van der Waals surface area (Å²) in [6, 6.07) is 5.49. The van der Waals surface area contributed by atoms with Gasteiger partial charge in [-0.1, -0.05) is 44.0 Å². The van der Waals surface area contributed by atoms with Crippen molar-refractivity contribution >= 4 is 23.2 Å². The number of nitrogens with one attached hydrogen (secondary N) is 1. The van der Waals surface area contributed by atoms with Crippen molar-refractivity contribution in [1.29, 1.82) is 0 Å². The number of hydrogen-bond donors (Lipinski definition) is 2. The molecule has 0 amide bonds. The summed E-state index contributed by atoms with van der Waals surface area (Å²) < 4.78 is 0. The van der Waals surface area contributed by atoms with E-state index in [2.05, 4.69) is 26.2 Å². The molecule has 0 fully saturated rings. The van der Waals surface area contributed by atoms with Crippen LogP contribution in [0.2, 0.25) is 10.0 Å². The van der Waals surface area contributed by atoms with Gasteiger partial charge in [0.1, 0.15) is 0 Å². The molecule has 0 aliphatic heterocycles. The minimum Gasteiger partial charge on any atom is -0.271 e. The van der Waals surface area contributed by atoms with Crippen LogP contribution in [0.15, 0.2) is 18.2 Å². The Balaban J connectivity index is 3.13. The van der Waals surface area contributed by atoms with Crippen LogP contribution < -0.4 is 11.3 Å². The van der Waals surface area contributed by atoms with Crippen LogP contribution in [0.3, 0.4) is 0 Å². The fourth-order valence-corrected chi connectivity index (χ4v) is 2.13. The summed E-state index contributed by atoms with van der Waals surface area (Å²) in [6.07, 6.45) is 0. The molecule has 4 heteroatoms. The third kappa shape index (κ3) is 3.35. The summed E-state index contributed by atoms with van der Waals surface area (Å²) in [4.78, 5) is 0. The Morgan fingerprint density at radius 3 is 1.93 bits per heavy atom. The number of halogens is 2. The number of rotatable bonds is 2. The van der Waals surface area contributed by atoms with Gasteiger partial charge in [0, 0.05) is 10.0 Å². The van der Waals surface area contributed by atoms with Crippen LogP contribution in [0.25, 0.3) is 0 Å². The average molecular weight is 247 g/mol. The van der Waals surface area contributed by atoms with E-state index >= 15 is 0 Å². The van der Waals surface area contributed by atoms with E-state index in [1.54, 1.807) is 6.07 Å². The third-order valence-corrected chi connectivity index (χ3v) is 2.69. The lowest BCUT2D eigenvalue weighted by atomic mass is 9.83. The van der Waals surface area contributed by atoms with Crippen LogP contribution in [0.4, 0.5) is 0 Å². The van der Waals surface area contributed by atoms with E-state index in [0.29, 0.717) is 10.0 Å². The number of nitrogens with two attached hydrogens (primary N) is 1. The van der Waals surface area contributed by atoms with Gasteiger partial charge in [-0.25, -0.2) is 0 Å². The van der Waals surface area contributed by atoms with Gasteiger partial charge in [0.2, 0.25) is 0 Å². The summed E-state index contributed by atoms with van der Waals surface area (Å²) in [5.41, 5.74) is 3.80. The molecule has 0 radical (unpaired) electrons. The third-order valence-electron chi connectivity index (χ3n) is 2.25. The largest absolute Gasteiger partial charge is 0.271 e. The number of hydrogen-bond acceptors (Lipinski definition) is 2. The Hall–Kier alpha value is -0.280. The van der Waals surface area contributed by atoms with E-state index in [0.717, 1.165) is 5.56 Å². The molecule has 1 aromatic rings. The number of benzene rings is 1. The molecule has 1 aromatic carbocycles. The van der Waals surface area contributed by atoms with Gasteiger partial charge >= 0.3 is 0 Å². The molecule has 0 spiro atoms. The van der Waals surface area contributed by atoms with Crippen molar-refractivity contribution in [3.8, 4) is 0 Å². The van der Waals surface area contributed by atoms with Crippen LogP contribution in [0, 0.1) is 5.41 Å². The first-order valence-corrected chi connectivity index (χ1v) is 5.52. The Kier molecular flexibility index (Phi) is 4.01. The molecule has 1 atom stereocenters. The molecule has 0 aliphatic rings. The van der Waals surface area contributed by atoms with Crippen LogP contribution in [-0.4, -0.2) is 0 Å². The molecule has 0 saturated carbocycles. The van der Waals surface area contributed by atoms with Gasteiger partial charge < -0.3 is 0 Å². The van der Waals surface area contributed by atoms with E-state index in [9.17, 15) is 0 Å². The number of hydrazine groups is 1. The maximum atomic E-state index is 5.95. The van der Waals surface area contributed by atoms with Crippen molar-refractivity contribution in [2.45, 2.75) is 26.8 Å². The summed E-state index contributed by atoms with van der Waals surface area (Å²) in [7, 11) is 0. The van der Waals surface area contributed by atoms with E-state index in [-0.39, 0.29) is 11.5 Å². The standard InChI is InChI=1S/C11H16Cl2N2/c1-11(2,3)10(15-14)7-4-8(12)6-9(13)5-7/h4-6,10,15H,14H2,1-3H3. The lowest BCUT2D eigenvalue weighted by Gasteiger charge is -2.30. The molecule has 0 saturated heterocycles. The highest BCUT2D eigenvalue weighted by Gasteiger charge is 2.25. The molecule has 0 bridgehead atoms. The quantitative estimate of drug-likeness (QED) is 0.619. The minimum absolute atomic E-state index is 0.00274. The smallest absolute Gasteiger partial charge is 0.0509 e. The van der Waals surface area contributed by atoms with Crippen LogP contribution in [0.5, 0.6) is 0 Å². The fourth-order valence-electron chi connectivity index (χ4n) is 1.59. The Bertz CT molecular complexity index is 325. The van der Waals surface area contributed by atoms with E-state index in [4.69, 9.17) is 29.0 Å². The predicted molar refractivity (Wildman–Crippen MR) is 66.0 cm³/mol. The van der Waals surface area contributed by atoms with Crippen molar-refractivity contribution in [2.75, 3.05) is 0 Å². The molecule has 2 nitrogen and oxygen atoms in total. The molecule has 1 unspecified atom stereocenters. The zero-order valence-corrected chi connectivity index (χ0v) is 10.7. The first kappa shape index (κ1) is 12.8. The molecule has 0 aliphatic carbocycles. The van der Waals surface area contributed by atoms with Crippen LogP contribution in [-0.2, 0) is 0 Å². The monoisotopic (exact) mass is 246 g/mol. The van der Waals surface area contributed by atoms with Crippen molar-refractivity contribution in [2.24, 2.45) is 11.3 Å². The highest BCUT2D eigenvalue weighted by Crippen LogP contribution is 2.34. The topological polar surface area (TPSA) is 38.0 Å². The van der Waals surface area contributed by atoms with E-state index < -0.39 is 0 Å². The maximum Gasteiger partial charge on any atom is 0.0509 e. The molecular formula is C11H16Cl2N2. The van der Waals surface area contributed by atoms with E-state index in [1.165, 1.54) is 0 Å². The highest BCUT2D eigenvalue weighted by atomic mass is 35.5. The lowest BCUT2D eigenvalue weighted by Crippen LogP contribution is -2.36. The van der Waals surface area contributed by atoms with Crippen molar-refractivity contribution in [3.63, 3.8) is 0 Å². The Labute approximate surface area is 101 Å². The molecule has 0 heterocycles. The second kappa shape index (κ2) is 4.71. The van der Waals surface area contributed by atoms with Gasteiger partial charge in [-0.15, -0.1) is 0 Å². The van der Waals surface area contributed by atoms with Gasteiger partial charge in [-0.2, -0.15) is 0 Å². The summed E-state index contributed by atoms with van der Waals surface area (Å²) >= 11 is 11.9. The summed E-state index contributed by atoms with van der Waals surface area (Å²) in [5.74, 6) is 5.55.